The molecule has 0 spiro atoms. The second kappa shape index (κ2) is 4.32. The van der Waals surface area contributed by atoms with Gasteiger partial charge in [0, 0.05) is 43.5 Å². The number of hydrogen-bond acceptors (Lipinski definition) is 3. The Morgan fingerprint density at radius 1 is 1.32 bits per heavy atom. The first-order chi connectivity index (χ1) is 8.91. The van der Waals surface area contributed by atoms with Crippen molar-refractivity contribution >= 4 is 0 Å². The molecule has 0 aliphatic carbocycles. The lowest BCUT2D eigenvalue weighted by atomic mass is 9.85. The highest BCUT2D eigenvalue weighted by atomic mass is 15.3. The Balaban J connectivity index is 1.84. The second-order valence-corrected chi connectivity index (χ2v) is 6.83. The van der Waals surface area contributed by atoms with E-state index in [1.807, 2.05) is 11.7 Å². The first kappa shape index (κ1) is 13.1. The molecule has 0 amide bonds. The molecule has 0 saturated carbocycles. The smallest absolute Gasteiger partial charge is 0.0641 e. The minimum absolute atomic E-state index is 0.295. The van der Waals surface area contributed by atoms with Gasteiger partial charge in [0.1, 0.15) is 0 Å². The maximum Gasteiger partial charge on any atom is 0.0641 e. The third-order valence-electron chi connectivity index (χ3n) is 5.52. The monoisotopic (exact) mass is 262 g/mol. The molecule has 4 heteroatoms. The minimum Gasteiger partial charge on any atom is -0.316 e. The zero-order valence-electron chi connectivity index (χ0n) is 12.8. The van der Waals surface area contributed by atoms with E-state index in [4.69, 9.17) is 0 Å². The van der Waals surface area contributed by atoms with Crippen molar-refractivity contribution in [2.75, 3.05) is 19.6 Å². The maximum absolute atomic E-state index is 4.55. The quantitative estimate of drug-likeness (QED) is 0.876. The molecule has 106 valence electrons. The van der Waals surface area contributed by atoms with E-state index in [0.29, 0.717) is 5.54 Å². The van der Waals surface area contributed by atoms with Gasteiger partial charge in [-0.2, -0.15) is 5.10 Å². The first-order valence-electron chi connectivity index (χ1n) is 7.36. The van der Waals surface area contributed by atoms with Crippen LogP contribution in [0.5, 0.6) is 0 Å². The van der Waals surface area contributed by atoms with Crippen molar-refractivity contribution in [2.24, 2.45) is 18.9 Å². The number of aromatic nitrogens is 2. The van der Waals surface area contributed by atoms with Gasteiger partial charge in [0.25, 0.3) is 0 Å². The van der Waals surface area contributed by atoms with Crippen LogP contribution in [-0.2, 0) is 13.6 Å². The Hall–Kier alpha value is -0.870. The predicted molar refractivity (Wildman–Crippen MR) is 77.0 cm³/mol. The Morgan fingerprint density at radius 2 is 2.05 bits per heavy atom. The summed E-state index contributed by atoms with van der Waals surface area (Å²) in [6.45, 7) is 13.8. The number of nitrogens with one attached hydrogen (secondary N) is 1. The maximum atomic E-state index is 4.55. The van der Waals surface area contributed by atoms with Crippen molar-refractivity contribution in [2.45, 2.75) is 39.8 Å². The van der Waals surface area contributed by atoms with Crippen LogP contribution >= 0.6 is 0 Å². The normalized spacial score (nSPS) is 29.9. The number of nitrogens with zero attached hydrogens (tertiary/aromatic N) is 3. The van der Waals surface area contributed by atoms with Crippen LogP contribution in [0.25, 0.3) is 0 Å². The Morgan fingerprint density at radius 3 is 2.63 bits per heavy atom. The highest BCUT2D eigenvalue weighted by molar-refractivity contribution is 5.25. The summed E-state index contributed by atoms with van der Waals surface area (Å²) in [7, 11) is 2.04. The summed E-state index contributed by atoms with van der Waals surface area (Å²) in [5, 5.41) is 8.10. The third-order valence-corrected chi connectivity index (χ3v) is 5.52. The van der Waals surface area contributed by atoms with Crippen LogP contribution < -0.4 is 5.32 Å². The van der Waals surface area contributed by atoms with Crippen molar-refractivity contribution in [1.82, 2.24) is 20.0 Å². The van der Waals surface area contributed by atoms with Gasteiger partial charge in [-0.15, -0.1) is 0 Å². The summed E-state index contributed by atoms with van der Waals surface area (Å²) in [5.74, 6) is 1.62. The number of aryl methyl sites for hydroxylation is 2. The van der Waals surface area contributed by atoms with Crippen molar-refractivity contribution in [3.8, 4) is 0 Å². The first-order valence-corrected chi connectivity index (χ1v) is 7.36. The standard InChI is InChI=1S/C15H26N4/c1-10-13(11(2)18(5)17-10)9-19-8-12-6-16-7-14(12)15(19,3)4/h12,14,16H,6-9H2,1-5H3. The SMILES string of the molecule is Cc1nn(C)c(C)c1CN1CC2CNCC2C1(C)C. The number of fused-ring (bicyclic) bond motifs is 1. The Kier molecular flexibility index (Phi) is 2.98. The summed E-state index contributed by atoms with van der Waals surface area (Å²) < 4.78 is 2.01. The van der Waals surface area contributed by atoms with E-state index in [1.165, 1.54) is 36.6 Å². The predicted octanol–water partition coefficient (Wildman–Crippen LogP) is 1.47. The van der Waals surface area contributed by atoms with Crippen LogP contribution in [0.15, 0.2) is 0 Å². The third kappa shape index (κ3) is 1.93. The summed E-state index contributed by atoms with van der Waals surface area (Å²) in [6, 6.07) is 0. The zero-order chi connectivity index (χ0) is 13.8. The van der Waals surface area contributed by atoms with Gasteiger partial charge in [-0.05, 0) is 46.1 Å². The molecular weight excluding hydrogens is 236 g/mol. The molecule has 2 unspecified atom stereocenters. The van der Waals surface area contributed by atoms with Crippen LogP contribution in [0.3, 0.4) is 0 Å². The molecular formula is C15H26N4. The van der Waals surface area contributed by atoms with Gasteiger partial charge in [0.05, 0.1) is 5.69 Å². The summed E-state index contributed by atoms with van der Waals surface area (Å²) in [6.07, 6.45) is 0. The average molecular weight is 262 g/mol. The Bertz CT molecular complexity index is 489. The molecule has 0 bridgehead atoms. The fourth-order valence-corrected chi connectivity index (χ4v) is 4.01. The van der Waals surface area contributed by atoms with E-state index in [9.17, 15) is 0 Å². The molecule has 2 saturated heterocycles. The molecule has 0 radical (unpaired) electrons. The van der Waals surface area contributed by atoms with Crippen molar-refractivity contribution in [3.63, 3.8) is 0 Å². The largest absolute Gasteiger partial charge is 0.316 e. The number of rotatable bonds is 2. The molecule has 19 heavy (non-hydrogen) atoms. The van der Waals surface area contributed by atoms with E-state index in [2.05, 4.69) is 43.0 Å². The average Bonchev–Trinajstić information content (AvgIpc) is 2.94. The summed E-state index contributed by atoms with van der Waals surface area (Å²) in [4.78, 5) is 2.67. The lowest BCUT2D eigenvalue weighted by Gasteiger charge is -2.35. The van der Waals surface area contributed by atoms with Crippen LogP contribution in [0.1, 0.15) is 30.8 Å². The molecule has 3 heterocycles. The van der Waals surface area contributed by atoms with E-state index < -0.39 is 0 Å². The van der Waals surface area contributed by atoms with Crippen LogP contribution in [0, 0.1) is 25.7 Å². The number of likely N-dealkylation sites (tertiary alicyclic amines) is 1. The molecule has 1 N–H and O–H groups in total. The van der Waals surface area contributed by atoms with E-state index in [1.54, 1.807) is 0 Å². The van der Waals surface area contributed by atoms with Gasteiger partial charge in [-0.1, -0.05) is 0 Å². The molecule has 2 fully saturated rings. The van der Waals surface area contributed by atoms with Crippen LogP contribution in [0.4, 0.5) is 0 Å². The van der Waals surface area contributed by atoms with Gasteiger partial charge < -0.3 is 5.32 Å². The molecule has 1 aromatic heterocycles. The summed E-state index contributed by atoms with van der Waals surface area (Å²) >= 11 is 0. The molecule has 0 aromatic carbocycles. The van der Waals surface area contributed by atoms with Crippen molar-refractivity contribution in [3.05, 3.63) is 17.0 Å². The van der Waals surface area contributed by atoms with Gasteiger partial charge in [0.15, 0.2) is 0 Å². The zero-order valence-corrected chi connectivity index (χ0v) is 12.8. The lowest BCUT2D eigenvalue weighted by Crippen LogP contribution is -2.44. The molecule has 1 aromatic rings. The second-order valence-electron chi connectivity index (χ2n) is 6.83. The van der Waals surface area contributed by atoms with Crippen LogP contribution in [-0.4, -0.2) is 39.9 Å². The molecule has 2 aliphatic rings. The molecule has 2 aliphatic heterocycles. The fraction of sp³-hybridized carbons (Fsp3) is 0.800. The van der Waals surface area contributed by atoms with Crippen molar-refractivity contribution < 1.29 is 0 Å². The van der Waals surface area contributed by atoms with Crippen molar-refractivity contribution in [1.29, 1.82) is 0 Å². The lowest BCUT2D eigenvalue weighted by molar-refractivity contribution is 0.131. The fourth-order valence-electron chi connectivity index (χ4n) is 4.01. The Labute approximate surface area is 116 Å². The van der Waals surface area contributed by atoms with Gasteiger partial charge >= 0.3 is 0 Å². The van der Waals surface area contributed by atoms with Gasteiger partial charge in [-0.3, -0.25) is 9.58 Å². The minimum atomic E-state index is 0.295. The van der Waals surface area contributed by atoms with Crippen LogP contribution in [0.2, 0.25) is 0 Å². The van der Waals surface area contributed by atoms with Gasteiger partial charge in [0.2, 0.25) is 0 Å². The van der Waals surface area contributed by atoms with E-state index >= 15 is 0 Å². The molecule has 3 rings (SSSR count). The number of hydrogen-bond donors (Lipinski definition) is 1. The molecule has 4 nitrogen and oxygen atoms in total. The van der Waals surface area contributed by atoms with E-state index in [-0.39, 0.29) is 0 Å². The topological polar surface area (TPSA) is 33.1 Å². The highest BCUT2D eigenvalue weighted by Crippen LogP contribution is 2.41. The summed E-state index contributed by atoms with van der Waals surface area (Å²) in [5.41, 5.74) is 4.21. The van der Waals surface area contributed by atoms with E-state index in [0.717, 1.165) is 18.4 Å². The molecule has 2 atom stereocenters. The highest BCUT2D eigenvalue weighted by Gasteiger charge is 2.49. The van der Waals surface area contributed by atoms with Gasteiger partial charge in [-0.25, -0.2) is 0 Å².